The normalized spacial score (nSPS) is 12.0. The molecule has 0 spiro atoms. The number of benzene rings is 2. The molecule has 0 aliphatic rings. The quantitative estimate of drug-likeness (QED) is 0.122. The molecular weight excluding hydrogens is 574 g/mol. The van der Waals surface area contributed by atoms with Gasteiger partial charge in [0.25, 0.3) is 0 Å². The Balaban J connectivity index is 1.15. The molecule has 1 unspecified atom stereocenters. The van der Waals surface area contributed by atoms with E-state index in [0.29, 0.717) is 23.3 Å². The Morgan fingerprint density at radius 2 is 1.52 bits per heavy atom. The lowest BCUT2D eigenvalue weighted by molar-refractivity contribution is -0.116. The molecule has 0 saturated carbocycles. The van der Waals surface area contributed by atoms with Crippen LogP contribution < -0.4 is 10.6 Å². The minimum Gasteiger partial charge on any atom is -0.378 e. The average molecular weight is 616 g/mol. The third-order valence-electron chi connectivity index (χ3n) is 6.92. The summed E-state index contributed by atoms with van der Waals surface area (Å²) in [7, 11) is 1.92. The molecule has 2 heterocycles. The van der Waals surface area contributed by atoms with Crippen molar-refractivity contribution in [1.82, 2.24) is 25.3 Å². The molecular formula is C33H41N7O3S. The van der Waals surface area contributed by atoms with Crippen LogP contribution in [0.25, 0.3) is 0 Å². The number of aliphatic hydroxyl groups excluding tert-OH is 1. The van der Waals surface area contributed by atoms with Crippen LogP contribution in [-0.4, -0.2) is 62.0 Å². The molecule has 2 aromatic heterocycles. The lowest BCUT2D eigenvalue weighted by Gasteiger charge is -2.25. The van der Waals surface area contributed by atoms with Crippen LogP contribution in [0.4, 0.5) is 10.9 Å². The van der Waals surface area contributed by atoms with Crippen LogP contribution in [0.1, 0.15) is 54.1 Å². The van der Waals surface area contributed by atoms with E-state index in [2.05, 4.69) is 44.9 Å². The van der Waals surface area contributed by atoms with Crippen molar-refractivity contribution >= 4 is 34.1 Å². The molecule has 0 radical (unpaired) electrons. The number of carbonyl (C=O) groups excluding carboxylic acids is 2. The van der Waals surface area contributed by atoms with Crippen LogP contribution in [0.2, 0.25) is 0 Å². The molecule has 4 rings (SSSR count). The van der Waals surface area contributed by atoms with Crippen molar-refractivity contribution in [1.29, 1.82) is 0 Å². The number of anilines is 2. The molecule has 2 aromatic carbocycles. The van der Waals surface area contributed by atoms with Crippen LogP contribution in [0.5, 0.6) is 0 Å². The van der Waals surface area contributed by atoms with Gasteiger partial charge in [-0.15, -0.1) is 15.3 Å². The summed E-state index contributed by atoms with van der Waals surface area (Å²) in [5, 5.41) is 34.3. The number of unbranched alkanes of at least 4 members (excludes halogenated alkanes) is 1. The van der Waals surface area contributed by atoms with Gasteiger partial charge >= 0.3 is 0 Å². The van der Waals surface area contributed by atoms with E-state index in [1.807, 2.05) is 72.6 Å². The molecule has 11 heteroatoms. The van der Waals surface area contributed by atoms with E-state index in [9.17, 15) is 14.7 Å². The molecule has 1 atom stereocenters. The van der Waals surface area contributed by atoms with Crippen molar-refractivity contribution in [3.8, 4) is 0 Å². The van der Waals surface area contributed by atoms with E-state index < -0.39 is 6.23 Å². The van der Waals surface area contributed by atoms with Crippen LogP contribution in [0.3, 0.4) is 0 Å². The van der Waals surface area contributed by atoms with Gasteiger partial charge in [0.1, 0.15) is 11.2 Å². The number of hydrogen-bond donors (Lipinski definition) is 3. The summed E-state index contributed by atoms with van der Waals surface area (Å²) < 4.78 is 0. The molecule has 232 valence electrons. The van der Waals surface area contributed by atoms with E-state index in [4.69, 9.17) is 0 Å². The second-order valence-corrected chi connectivity index (χ2v) is 12.5. The van der Waals surface area contributed by atoms with Gasteiger partial charge in [-0.3, -0.25) is 14.5 Å². The van der Waals surface area contributed by atoms with Gasteiger partial charge < -0.3 is 15.7 Å². The van der Waals surface area contributed by atoms with E-state index in [1.165, 1.54) is 11.3 Å². The van der Waals surface area contributed by atoms with Gasteiger partial charge in [0.2, 0.25) is 16.9 Å². The molecule has 10 nitrogen and oxygen atoms in total. The van der Waals surface area contributed by atoms with Crippen LogP contribution in [0, 0.1) is 5.92 Å². The summed E-state index contributed by atoms with van der Waals surface area (Å²) in [6.45, 7) is 5.06. The Morgan fingerprint density at radius 1 is 0.818 bits per heavy atom. The highest BCUT2D eigenvalue weighted by molar-refractivity contribution is 7.15. The Bertz CT molecular complexity index is 1480. The van der Waals surface area contributed by atoms with Crippen molar-refractivity contribution in [2.75, 3.05) is 24.2 Å². The van der Waals surface area contributed by atoms with Gasteiger partial charge in [0.05, 0.1) is 18.5 Å². The first kappa shape index (κ1) is 32.8. The Morgan fingerprint density at radius 3 is 2.27 bits per heavy atom. The molecule has 4 aromatic rings. The average Bonchev–Trinajstić information content (AvgIpc) is 3.43. The lowest BCUT2D eigenvalue weighted by atomic mass is 10.0. The van der Waals surface area contributed by atoms with E-state index in [1.54, 1.807) is 6.07 Å². The first-order chi connectivity index (χ1) is 21.2. The Hall–Kier alpha value is -4.06. The summed E-state index contributed by atoms with van der Waals surface area (Å²) in [5.41, 5.74) is 3.68. The number of amides is 2. The summed E-state index contributed by atoms with van der Waals surface area (Å²) in [4.78, 5) is 26.8. The minimum atomic E-state index is -0.570. The highest BCUT2D eigenvalue weighted by Crippen LogP contribution is 2.19. The topological polar surface area (TPSA) is 133 Å². The maximum atomic E-state index is 12.7. The van der Waals surface area contributed by atoms with E-state index in [0.717, 1.165) is 59.6 Å². The zero-order chi connectivity index (χ0) is 31.3. The molecule has 0 bridgehead atoms. The second kappa shape index (κ2) is 16.7. The standard InChI is InChI=1S/C33H41N7O3S/c1-23(2)22-40(3)32(43)21-26-13-9-12-25(18-26)20-30(42)35-33-39-38-31(44-33)15-8-7-14-27-16-17-28(37-36-27)34-29(41)19-24-10-5-4-6-11-24/h4-6,9-13,16-18,23,32,43H,7-8,14-15,19-22H2,1-3H3,(H,34,37,41)(H,35,39,42). The summed E-state index contributed by atoms with van der Waals surface area (Å²) >= 11 is 1.38. The highest BCUT2D eigenvalue weighted by Gasteiger charge is 2.14. The maximum absolute atomic E-state index is 12.7. The van der Waals surface area contributed by atoms with Crippen molar-refractivity contribution < 1.29 is 14.7 Å². The summed E-state index contributed by atoms with van der Waals surface area (Å²) in [5.74, 6) is 0.629. The predicted molar refractivity (Wildman–Crippen MR) is 173 cm³/mol. The van der Waals surface area contributed by atoms with Gasteiger partial charge in [-0.25, -0.2) is 0 Å². The Labute approximate surface area is 263 Å². The largest absolute Gasteiger partial charge is 0.378 e. The van der Waals surface area contributed by atoms with Gasteiger partial charge in [-0.1, -0.05) is 79.8 Å². The molecule has 0 aliphatic heterocycles. The number of aromatic nitrogens is 4. The third-order valence-corrected chi connectivity index (χ3v) is 7.82. The monoisotopic (exact) mass is 615 g/mol. The first-order valence-electron chi connectivity index (χ1n) is 15.0. The summed E-state index contributed by atoms with van der Waals surface area (Å²) in [6.07, 6.45) is 3.75. The summed E-state index contributed by atoms with van der Waals surface area (Å²) in [6, 6.07) is 21.0. The molecule has 44 heavy (non-hydrogen) atoms. The smallest absolute Gasteiger partial charge is 0.230 e. The Kier molecular flexibility index (Phi) is 12.5. The van der Waals surface area contributed by atoms with Gasteiger partial charge in [0, 0.05) is 19.4 Å². The van der Waals surface area contributed by atoms with Gasteiger partial charge in [-0.2, -0.15) is 5.10 Å². The number of likely N-dealkylation sites (N-methyl/N-ethyl adjacent to an activating group) is 1. The van der Waals surface area contributed by atoms with Crippen molar-refractivity contribution in [3.05, 3.63) is 94.1 Å². The predicted octanol–water partition coefficient (Wildman–Crippen LogP) is 4.70. The minimum absolute atomic E-state index is 0.128. The zero-order valence-corrected chi connectivity index (χ0v) is 26.4. The number of nitrogens with zero attached hydrogens (tertiary/aromatic N) is 5. The first-order valence-corrected chi connectivity index (χ1v) is 15.8. The lowest BCUT2D eigenvalue weighted by Crippen LogP contribution is -2.35. The molecule has 0 saturated heterocycles. The van der Waals surface area contributed by atoms with Crippen LogP contribution >= 0.6 is 11.3 Å². The zero-order valence-electron chi connectivity index (χ0n) is 25.6. The fraction of sp³-hybridized carbons (Fsp3) is 0.394. The second-order valence-electron chi connectivity index (χ2n) is 11.4. The number of hydrogen-bond acceptors (Lipinski definition) is 9. The molecule has 0 fully saturated rings. The van der Waals surface area contributed by atoms with Crippen molar-refractivity contribution in [2.24, 2.45) is 5.92 Å². The number of aliphatic hydroxyl groups is 1. The van der Waals surface area contributed by atoms with E-state index >= 15 is 0 Å². The van der Waals surface area contributed by atoms with Crippen molar-refractivity contribution in [3.63, 3.8) is 0 Å². The van der Waals surface area contributed by atoms with Crippen LogP contribution in [0.15, 0.2) is 66.7 Å². The number of carbonyl (C=O) groups is 2. The van der Waals surface area contributed by atoms with Gasteiger partial charge in [-0.05, 0) is 61.1 Å². The number of rotatable bonds is 16. The molecule has 3 N–H and O–H groups in total. The number of aryl methyl sites for hydroxylation is 2. The number of nitrogens with one attached hydrogen (secondary N) is 2. The third kappa shape index (κ3) is 11.2. The fourth-order valence-corrected chi connectivity index (χ4v) is 5.59. The highest BCUT2D eigenvalue weighted by atomic mass is 32.1. The van der Waals surface area contributed by atoms with Crippen LogP contribution in [-0.2, 0) is 41.7 Å². The SMILES string of the molecule is CC(C)CN(C)C(O)Cc1cccc(CC(=O)Nc2nnc(CCCCc3ccc(NC(=O)Cc4ccccc4)nn3)s2)c1. The van der Waals surface area contributed by atoms with E-state index in [-0.39, 0.29) is 24.7 Å². The maximum Gasteiger partial charge on any atom is 0.230 e. The molecule has 2 amide bonds. The molecule has 0 aliphatic carbocycles. The fourth-order valence-electron chi connectivity index (χ4n) is 4.80. The van der Waals surface area contributed by atoms with Crippen molar-refractivity contribution in [2.45, 2.75) is 65.0 Å². The van der Waals surface area contributed by atoms with Gasteiger partial charge in [0.15, 0.2) is 5.82 Å².